The maximum atomic E-state index is 11.4. The number of esters is 1. The molecule has 0 aliphatic carbocycles. The zero-order chi connectivity index (χ0) is 14.1. The number of hydrogen-bond acceptors (Lipinski definition) is 4. The van der Waals surface area contributed by atoms with Gasteiger partial charge in [-0.25, -0.2) is 9.59 Å². The van der Waals surface area contributed by atoms with E-state index in [0.717, 1.165) is 6.42 Å². The topological polar surface area (TPSA) is 64.6 Å². The molecule has 1 amide bonds. The molecule has 0 radical (unpaired) electrons. The van der Waals surface area contributed by atoms with E-state index in [1.54, 1.807) is 6.92 Å². The van der Waals surface area contributed by atoms with Crippen molar-refractivity contribution in [3.8, 4) is 0 Å². The zero-order valence-corrected chi connectivity index (χ0v) is 11.6. The van der Waals surface area contributed by atoms with Crippen molar-refractivity contribution < 1.29 is 19.1 Å². The SMILES string of the molecule is C=C(C)C(=O)OCC(OC(=O)NCCC)C(C)C. The third kappa shape index (κ3) is 6.93. The number of alkyl carbamates (subject to hydrolysis) is 1. The lowest BCUT2D eigenvalue weighted by Crippen LogP contribution is -2.35. The van der Waals surface area contributed by atoms with Crippen LogP contribution in [0.25, 0.3) is 0 Å². The third-order valence-corrected chi connectivity index (χ3v) is 2.25. The van der Waals surface area contributed by atoms with E-state index in [1.165, 1.54) is 0 Å². The van der Waals surface area contributed by atoms with Crippen LogP contribution in [-0.4, -0.2) is 31.3 Å². The van der Waals surface area contributed by atoms with Crippen LogP contribution < -0.4 is 5.32 Å². The Bertz CT molecular complexity index is 299. The molecule has 1 N–H and O–H groups in total. The second kappa shape index (κ2) is 8.55. The van der Waals surface area contributed by atoms with Crippen LogP contribution in [0.5, 0.6) is 0 Å². The van der Waals surface area contributed by atoms with E-state index in [9.17, 15) is 9.59 Å². The van der Waals surface area contributed by atoms with Crippen LogP contribution in [0.4, 0.5) is 4.79 Å². The fourth-order valence-electron chi connectivity index (χ4n) is 1.05. The number of ether oxygens (including phenoxy) is 2. The highest BCUT2D eigenvalue weighted by Crippen LogP contribution is 2.08. The highest BCUT2D eigenvalue weighted by molar-refractivity contribution is 5.86. The van der Waals surface area contributed by atoms with Gasteiger partial charge in [-0.05, 0) is 19.3 Å². The van der Waals surface area contributed by atoms with Crippen molar-refractivity contribution in [2.75, 3.05) is 13.2 Å². The summed E-state index contributed by atoms with van der Waals surface area (Å²) in [6.45, 7) is 11.4. The molecular formula is C13H23NO4. The Morgan fingerprint density at radius 2 is 1.94 bits per heavy atom. The normalized spacial score (nSPS) is 11.8. The van der Waals surface area contributed by atoms with Crippen LogP contribution in [0, 0.1) is 5.92 Å². The van der Waals surface area contributed by atoms with Crippen LogP contribution in [0.2, 0.25) is 0 Å². The number of amides is 1. The number of rotatable bonds is 7. The monoisotopic (exact) mass is 257 g/mol. The van der Waals surface area contributed by atoms with Gasteiger partial charge in [0, 0.05) is 12.1 Å². The van der Waals surface area contributed by atoms with E-state index < -0.39 is 18.2 Å². The lowest BCUT2D eigenvalue weighted by Gasteiger charge is -2.21. The maximum absolute atomic E-state index is 11.4. The van der Waals surface area contributed by atoms with Crippen LogP contribution in [0.1, 0.15) is 34.1 Å². The average molecular weight is 257 g/mol. The Morgan fingerprint density at radius 1 is 1.33 bits per heavy atom. The summed E-state index contributed by atoms with van der Waals surface area (Å²) in [6.07, 6.45) is -0.0985. The third-order valence-electron chi connectivity index (χ3n) is 2.25. The molecule has 0 heterocycles. The molecule has 0 aliphatic heterocycles. The van der Waals surface area contributed by atoms with Gasteiger partial charge < -0.3 is 14.8 Å². The molecular weight excluding hydrogens is 234 g/mol. The van der Waals surface area contributed by atoms with Crippen LogP contribution >= 0.6 is 0 Å². The second-order valence-corrected chi connectivity index (χ2v) is 4.49. The van der Waals surface area contributed by atoms with E-state index in [-0.39, 0.29) is 12.5 Å². The first-order valence-corrected chi connectivity index (χ1v) is 6.15. The summed E-state index contributed by atoms with van der Waals surface area (Å²) in [4.78, 5) is 22.7. The van der Waals surface area contributed by atoms with Gasteiger partial charge in [-0.2, -0.15) is 0 Å². The van der Waals surface area contributed by atoms with E-state index in [4.69, 9.17) is 9.47 Å². The molecule has 0 bridgehead atoms. The van der Waals surface area contributed by atoms with Gasteiger partial charge in [0.2, 0.25) is 0 Å². The lowest BCUT2D eigenvalue weighted by atomic mass is 10.1. The molecule has 0 fully saturated rings. The minimum absolute atomic E-state index is 0.0445. The molecule has 18 heavy (non-hydrogen) atoms. The van der Waals surface area contributed by atoms with Gasteiger partial charge in [0.1, 0.15) is 12.7 Å². The second-order valence-electron chi connectivity index (χ2n) is 4.49. The Kier molecular flexibility index (Phi) is 7.83. The highest BCUT2D eigenvalue weighted by atomic mass is 16.6. The molecule has 1 unspecified atom stereocenters. The summed E-state index contributed by atoms with van der Waals surface area (Å²) in [5.41, 5.74) is 0.327. The van der Waals surface area contributed by atoms with Crippen molar-refractivity contribution >= 4 is 12.1 Å². The van der Waals surface area contributed by atoms with Crippen molar-refractivity contribution in [3.05, 3.63) is 12.2 Å². The lowest BCUT2D eigenvalue weighted by molar-refractivity contribution is -0.142. The first-order valence-electron chi connectivity index (χ1n) is 6.15. The minimum atomic E-state index is -0.484. The smallest absolute Gasteiger partial charge is 0.407 e. The summed E-state index contributed by atoms with van der Waals surface area (Å²) in [5, 5.41) is 2.61. The molecule has 5 heteroatoms. The van der Waals surface area contributed by atoms with Crippen molar-refractivity contribution in [2.24, 2.45) is 5.92 Å². The molecule has 0 saturated carbocycles. The highest BCUT2D eigenvalue weighted by Gasteiger charge is 2.20. The Balaban J connectivity index is 4.19. The standard InChI is InChI=1S/C13H23NO4/c1-6-7-14-13(16)18-11(9(2)3)8-17-12(15)10(4)5/h9,11H,4,6-8H2,1-3,5H3,(H,14,16). The number of hydrogen-bond donors (Lipinski definition) is 1. The van der Waals surface area contributed by atoms with E-state index in [0.29, 0.717) is 12.1 Å². The first-order chi connectivity index (χ1) is 8.38. The minimum Gasteiger partial charge on any atom is -0.458 e. The van der Waals surface area contributed by atoms with E-state index in [1.807, 2.05) is 20.8 Å². The van der Waals surface area contributed by atoms with Gasteiger partial charge in [-0.3, -0.25) is 0 Å². The molecule has 0 spiro atoms. The van der Waals surface area contributed by atoms with Crippen molar-refractivity contribution in [1.29, 1.82) is 0 Å². The number of carbonyl (C=O) groups is 2. The quantitative estimate of drug-likeness (QED) is 0.561. The Labute approximate surface area is 109 Å². The first kappa shape index (κ1) is 16.5. The number of nitrogens with one attached hydrogen (secondary N) is 1. The van der Waals surface area contributed by atoms with Crippen molar-refractivity contribution in [3.63, 3.8) is 0 Å². The molecule has 1 atom stereocenters. The molecule has 0 saturated heterocycles. The van der Waals surface area contributed by atoms with Gasteiger partial charge in [-0.15, -0.1) is 0 Å². The molecule has 104 valence electrons. The van der Waals surface area contributed by atoms with Gasteiger partial charge in [0.15, 0.2) is 0 Å². The van der Waals surface area contributed by atoms with E-state index in [2.05, 4.69) is 11.9 Å². The maximum Gasteiger partial charge on any atom is 0.407 e. The fourth-order valence-corrected chi connectivity index (χ4v) is 1.05. The Hall–Kier alpha value is -1.52. The van der Waals surface area contributed by atoms with Crippen molar-refractivity contribution in [1.82, 2.24) is 5.32 Å². The fraction of sp³-hybridized carbons (Fsp3) is 0.692. The van der Waals surface area contributed by atoms with Crippen LogP contribution in [0.3, 0.4) is 0 Å². The van der Waals surface area contributed by atoms with E-state index >= 15 is 0 Å². The van der Waals surface area contributed by atoms with Gasteiger partial charge in [-0.1, -0.05) is 27.4 Å². The molecule has 5 nitrogen and oxygen atoms in total. The summed E-state index contributed by atoms with van der Waals surface area (Å²) in [7, 11) is 0. The van der Waals surface area contributed by atoms with Gasteiger partial charge >= 0.3 is 12.1 Å². The van der Waals surface area contributed by atoms with Gasteiger partial charge in [0.05, 0.1) is 0 Å². The number of carbonyl (C=O) groups excluding carboxylic acids is 2. The predicted octanol–water partition coefficient (Wildman–Crippen LogP) is 2.27. The van der Waals surface area contributed by atoms with Gasteiger partial charge in [0.25, 0.3) is 0 Å². The average Bonchev–Trinajstić information content (AvgIpc) is 2.30. The molecule has 0 aromatic heterocycles. The molecule has 0 rings (SSSR count). The summed E-state index contributed by atoms with van der Waals surface area (Å²) in [5.74, 6) is -0.409. The molecule has 0 aliphatic rings. The zero-order valence-electron chi connectivity index (χ0n) is 11.6. The summed E-state index contributed by atoms with van der Waals surface area (Å²) in [6, 6.07) is 0. The summed E-state index contributed by atoms with van der Waals surface area (Å²) >= 11 is 0. The summed E-state index contributed by atoms with van der Waals surface area (Å²) < 4.78 is 10.2. The van der Waals surface area contributed by atoms with Crippen molar-refractivity contribution in [2.45, 2.75) is 40.2 Å². The Morgan fingerprint density at radius 3 is 2.39 bits per heavy atom. The van der Waals surface area contributed by atoms with Crippen LogP contribution in [0.15, 0.2) is 12.2 Å². The predicted molar refractivity (Wildman–Crippen MR) is 69.2 cm³/mol. The molecule has 0 aromatic carbocycles. The largest absolute Gasteiger partial charge is 0.458 e. The van der Waals surface area contributed by atoms with Crippen LogP contribution in [-0.2, 0) is 14.3 Å². The molecule has 0 aromatic rings.